The summed E-state index contributed by atoms with van der Waals surface area (Å²) in [6, 6.07) is 16.8. The molecule has 3 nitrogen and oxygen atoms in total. The van der Waals surface area contributed by atoms with Gasteiger partial charge in [0.05, 0.1) is 5.69 Å². The van der Waals surface area contributed by atoms with E-state index < -0.39 is 0 Å². The number of rotatable bonds is 2. The summed E-state index contributed by atoms with van der Waals surface area (Å²) < 4.78 is 1.72. The summed E-state index contributed by atoms with van der Waals surface area (Å²) in [5.41, 5.74) is 7.66. The molecule has 0 heterocycles. The van der Waals surface area contributed by atoms with Gasteiger partial charge in [-0.3, -0.25) is 4.79 Å². The zero-order valence-corrected chi connectivity index (χ0v) is 14.6. The number of carbonyl (C=O) groups excluding carboxylic acids is 1. The molecule has 0 saturated heterocycles. The van der Waals surface area contributed by atoms with Crippen LogP contribution in [0.2, 0.25) is 0 Å². The molecule has 0 aliphatic rings. The molecule has 0 aliphatic heterocycles. The van der Waals surface area contributed by atoms with Gasteiger partial charge in [-0.1, -0.05) is 40.2 Å². The zero-order valence-electron chi connectivity index (χ0n) is 11.4. The van der Waals surface area contributed by atoms with Gasteiger partial charge >= 0.3 is 0 Å². The molecule has 0 bridgehead atoms. The van der Waals surface area contributed by atoms with Crippen LogP contribution in [0.5, 0.6) is 0 Å². The Morgan fingerprint density at radius 3 is 2.41 bits per heavy atom. The van der Waals surface area contributed by atoms with Gasteiger partial charge in [0.2, 0.25) is 0 Å². The van der Waals surface area contributed by atoms with E-state index in [-0.39, 0.29) is 5.91 Å². The normalized spacial score (nSPS) is 10.6. The molecule has 0 aromatic heterocycles. The number of amides is 1. The fourth-order valence-electron chi connectivity index (χ4n) is 2.29. The van der Waals surface area contributed by atoms with Crippen LogP contribution in [0.15, 0.2) is 63.5 Å². The van der Waals surface area contributed by atoms with Crippen molar-refractivity contribution in [2.24, 2.45) is 0 Å². The maximum atomic E-state index is 12.6. The lowest BCUT2D eigenvalue weighted by Crippen LogP contribution is -2.12. The molecule has 0 radical (unpaired) electrons. The molecule has 3 N–H and O–H groups in total. The maximum Gasteiger partial charge on any atom is 0.256 e. The Balaban J connectivity index is 2.01. The van der Waals surface area contributed by atoms with Crippen LogP contribution >= 0.6 is 31.9 Å². The number of carbonyl (C=O) groups is 1. The molecule has 5 heteroatoms. The van der Waals surface area contributed by atoms with Crippen LogP contribution in [0.4, 0.5) is 11.4 Å². The number of nitrogen functional groups attached to an aromatic ring is 1. The summed E-state index contributed by atoms with van der Waals surface area (Å²) in [6.45, 7) is 0. The highest BCUT2D eigenvalue weighted by molar-refractivity contribution is 9.11. The second-order valence-electron chi connectivity index (χ2n) is 4.83. The smallest absolute Gasteiger partial charge is 0.256 e. The molecule has 0 unspecified atom stereocenters. The topological polar surface area (TPSA) is 55.1 Å². The highest BCUT2D eigenvalue weighted by Crippen LogP contribution is 2.28. The molecule has 1 amide bonds. The molecule has 3 rings (SSSR count). The monoisotopic (exact) mass is 418 g/mol. The molecule has 0 fully saturated rings. The maximum absolute atomic E-state index is 12.6. The highest BCUT2D eigenvalue weighted by Gasteiger charge is 2.12. The molecular formula is C17H12Br2N2O. The zero-order chi connectivity index (χ0) is 15.7. The van der Waals surface area contributed by atoms with Crippen molar-refractivity contribution in [2.45, 2.75) is 0 Å². The van der Waals surface area contributed by atoms with Gasteiger partial charge in [-0.15, -0.1) is 0 Å². The fraction of sp³-hybridized carbons (Fsp3) is 0. The lowest BCUT2D eigenvalue weighted by Gasteiger charge is -2.10. The van der Waals surface area contributed by atoms with Crippen LogP contribution in [-0.2, 0) is 0 Å². The SMILES string of the molecule is Nc1ccc(NC(=O)c2cccc3c(Br)cccc23)c(Br)c1. The molecular weight excluding hydrogens is 408 g/mol. The van der Waals surface area contributed by atoms with Crippen LogP contribution in [0.3, 0.4) is 0 Å². The van der Waals surface area contributed by atoms with Crippen molar-refractivity contribution in [3.8, 4) is 0 Å². The Labute approximate surface area is 144 Å². The van der Waals surface area contributed by atoms with Crippen molar-refractivity contribution in [3.63, 3.8) is 0 Å². The number of benzene rings is 3. The third kappa shape index (κ3) is 2.87. The molecule has 110 valence electrons. The predicted molar refractivity (Wildman–Crippen MR) is 98.2 cm³/mol. The van der Waals surface area contributed by atoms with Crippen molar-refractivity contribution in [2.75, 3.05) is 11.1 Å². The summed E-state index contributed by atoms with van der Waals surface area (Å²) >= 11 is 6.92. The van der Waals surface area contributed by atoms with Gasteiger partial charge in [-0.25, -0.2) is 0 Å². The standard InChI is InChI=1S/C17H12Br2N2O/c18-14-6-2-3-11-12(14)4-1-5-13(11)17(22)21-16-8-7-10(20)9-15(16)19/h1-9H,20H2,(H,21,22). The number of fused-ring (bicyclic) bond motifs is 1. The van der Waals surface area contributed by atoms with E-state index in [1.54, 1.807) is 18.2 Å². The number of halogens is 2. The Morgan fingerprint density at radius 1 is 0.909 bits per heavy atom. The van der Waals surface area contributed by atoms with Crippen molar-refractivity contribution in [1.29, 1.82) is 0 Å². The summed E-state index contributed by atoms with van der Waals surface area (Å²) in [6.07, 6.45) is 0. The number of hydrogen-bond donors (Lipinski definition) is 2. The van der Waals surface area contributed by atoms with E-state index >= 15 is 0 Å². The van der Waals surface area contributed by atoms with Crippen LogP contribution in [0, 0.1) is 0 Å². The summed E-state index contributed by atoms with van der Waals surface area (Å²) in [5, 5.41) is 4.82. The quantitative estimate of drug-likeness (QED) is 0.561. The van der Waals surface area contributed by atoms with Crippen molar-refractivity contribution >= 4 is 59.9 Å². The number of nitrogens with one attached hydrogen (secondary N) is 1. The number of anilines is 2. The second-order valence-corrected chi connectivity index (χ2v) is 6.54. The van der Waals surface area contributed by atoms with E-state index in [1.807, 2.05) is 36.4 Å². The minimum absolute atomic E-state index is 0.158. The molecule has 3 aromatic carbocycles. The van der Waals surface area contributed by atoms with E-state index in [0.717, 1.165) is 19.7 Å². The van der Waals surface area contributed by atoms with Gasteiger partial charge in [-0.2, -0.15) is 0 Å². The summed E-state index contributed by atoms with van der Waals surface area (Å²) in [5.74, 6) is -0.158. The Hall–Kier alpha value is -1.85. The first-order valence-corrected chi connectivity index (χ1v) is 8.18. The predicted octanol–water partition coefficient (Wildman–Crippen LogP) is 5.20. The van der Waals surface area contributed by atoms with Crippen molar-refractivity contribution < 1.29 is 4.79 Å². The van der Waals surface area contributed by atoms with Gasteiger partial charge in [0.1, 0.15) is 0 Å². The first-order chi connectivity index (χ1) is 10.6. The first kappa shape index (κ1) is 15.1. The third-order valence-electron chi connectivity index (χ3n) is 3.35. The lowest BCUT2D eigenvalue weighted by molar-refractivity contribution is 0.102. The van der Waals surface area contributed by atoms with Gasteiger partial charge in [0.25, 0.3) is 5.91 Å². The summed E-state index contributed by atoms with van der Waals surface area (Å²) in [7, 11) is 0. The first-order valence-electron chi connectivity index (χ1n) is 6.60. The third-order valence-corrected chi connectivity index (χ3v) is 4.70. The Morgan fingerprint density at radius 2 is 1.64 bits per heavy atom. The Bertz CT molecular complexity index is 878. The molecule has 0 atom stereocenters. The van der Waals surface area contributed by atoms with Crippen LogP contribution in [-0.4, -0.2) is 5.91 Å². The van der Waals surface area contributed by atoms with Gasteiger partial charge in [-0.05, 0) is 57.0 Å². The van der Waals surface area contributed by atoms with Gasteiger partial charge in [0, 0.05) is 20.2 Å². The molecule has 3 aromatic rings. The van der Waals surface area contributed by atoms with Crippen molar-refractivity contribution in [3.05, 3.63) is 69.1 Å². The minimum Gasteiger partial charge on any atom is -0.399 e. The van der Waals surface area contributed by atoms with E-state index in [4.69, 9.17) is 5.73 Å². The Kier molecular flexibility index (Phi) is 4.18. The molecule has 0 saturated carbocycles. The van der Waals surface area contributed by atoms with Gasteiger partial charge in [0.15, 0.2) is 0 Å². The van der Waals surface area contributed by atoms with E-state index in [2.05, 4.69) is 37.2 Å². The number of hydrogen-bond acceptors (Lipinski definition) is 2. The molecule has 0 spiro atoms. The summed E-state index contributed by atoms with van der Waals surface area (Å²) in [4.78, 5) is 12.6. The lowest BCUT2D eigenvalue weighted by atomic mass is 10.0. The van der Waals surface area contributed by atoms with Gasteiger partial charge < -0.3 is 11.1 Å². The van der Waals surface area contributed by atoms with Crippen LogP contribution in [0.1, 0.15) is 10.4 Å². The largest absolute Gasteiger partial charge is 0.399 e. The minimum atomic E-state index is -0.158. The number of nitrogens with two attached hydrogens (primary N) is 1. The molecule has 22 heavy (non-hydrogen) atoms. The average molecular weight is 420 g/mol. The average Bonchev–Trinajstić information content (AvgIpc) is 2.50. The van der Waals surface area contributed by atoms with Crippen LogP contribution in [0.25, 0.3) is 10.8 Å². The van der Waals surface area contributed by atoms with E-state index in [0.29, 0.717) is 16.9 Å². The van der Waals surface area contributed by atoms with E-state index in [1.165, 1.54) is 0 Å². The van der Waals surface area contributed by atoms with Crippen molar-refractivity contribution in [1.82, 2.24) is 0 Å². The molecule has 0 aliphatic carbocycles. The van der Waals surface area contributed by atoms with E-state index in [9.17, 15) is 4.79 Å². The fourth-order valence-corrected chi connectivity index (χ4v) is 3.29. The highest BCUT2D eigenvalue weighted by atomic mass is 79.9. The van der Waals surface area contributed by atoms with Crippen LogP contribution < -0.4 is 11.1 Å². The second kappa shape index (κ2) is 6.10.